The highest BCUT2D eigenvalue weighted by Crippen LogP contribution is 2.42. The Kier molecular flexibility index (Phi) is 5.72. The molecule has 2 nitrogen and oxygen atoms in total. The van der Waals surface area contributed by atoms with Gasteiger partial charge < -0.3 is 0 Å². The number of thioether (sulfide) groups is 1. The topological polar surface area (TPSA) is 35.8 Å². The molecule has 1 unspecified atom stereocenters. The molecule has 1 N–H and O–H groups in total. The van der Waals surface area contributed by atoms with Gasteiger partial charge >= 0.3 is 0 Å². The zero-order valence-electron chi connectivity index (χ0n) is 13.4. The third kappa shape index (κ3) is 4.25. The highest BCUT2D eigenvalue weighted by molar-refractivity contribution is 7.99. The molecule has 21 heavy (non-hydrogen) atoms. The minimum Gasteiger partial charge on any atom is -0.298 e. The van der Waals surface area contributed by atoms with Crippen LogP contribution in [0.1, 0.15) is 51.5 Å². The van der Waals surface area contributed by atoms with Crippen LogP contribution in [0.25, 0.3) is 0 Å². The van der Waals surface area contributed by atoms with Crippen LogP contribution in [0.3, 0.4) is 0 Å². The second-order valence-electron chi connectivity index (χ2n) is 6.30. The molecule has 1 fully saturated rings. The van der Waals surface area contributed by atoms with Gasteiger partial charge in [0.05, 0.1) is 6.07 Å². The highest BCUT2D eigenvalue weighted by atomic mass is 32.2. The molecule has 1 aromatic rings. The molecule has 0 aliphatic heterocycles. The van der Waals surface area contributed by atoms with E-state index in [-0.39, 0.29) is 5.54 Å². The Morgan fingerprint density at radius 3 is 2.48 bits per heavy atom. The Morgan fingerprint density at radius 1 is 1.33 bits per heavy atom. The molecule has 3 heteroatoms. The summed E-state index contributed by atoms with van der Waals surface area (Å²) in [5.41, 5.74) is 1.04. The lowest BCUT2D eigenvalue weighted by Crippen LogP contribution is -2.48. The molecule has 0 saturated heterocycles. The van der Waals surface area contributed by atoms with E-state index in [1.807, 2.05) is 0 Å². The fourth-order valence-corrected chi connectivity index (χ4v) is 3.67. The fourth-order valence-electron chi connectivity index (χ4n) is 2.55. The van der Waals surface area contributed by atoms with Crippen molar-refractivity contribution in [2.45, 2.75) is 56.4 Å². The van der Waals surface area contributed by atoms with Crippen molar-refractivity contribution in [1.82, 2.24) is 5.32 Å². The van der Waals surface area contributed by atoms with Gasteiger partial charge in [0.15, 0.2) is 0 Å². The molecular weight excluding hydrogens is 276 g/mol. The Balaban J connectivity index is 1.99. The summed E-state index contributed by atoms with van der Waals surface area (Å²) < 4.78 is 0. The molecule has 1 aromatic carbocycles. The van der Waals surface area contributed by atoms with Crippen LogP contribution in [0.15, 0.2) is 29.2 Å². The zero-order chi connectivity index (χ0) is 15.3. The van der Waals surface area contributed by atoms with Crippen LogP contribution in [0.4, 0.5) is 0 Å². The monoisotopic (exact) mass is 302 g/mol. The number of nitrogens with one attached hydrogen (secondary N) is 1. The minimum absolute atomic E-state index is 0.336. The van der Waals surface area contributed by atoms with Crippen molar-refractivity contribution in [2.75, 3.05) is 12.3 Å². The number of benzene rings is 1. The molecule has 2 rings (SSSR count). The Morgan fingerprint density at radius 2 is 2.00 bits per heavy atom. The maximum Gasteiger partial charge on any atom is 0.119 e. The van der Waals surface area contributed by atoms with Gasteiger partial charge in [0.25, 0.3) is 0 Å². The molecule has 0 heterocycles. The molecule has 0 amide bonds. The predicted molar refractivity (Wildman–Crippen MR) is 90.6 cm³/mol. The van der Waals surface area contributed by atoms with Gasteiger partial charge in [-0.2, -0.15) is 5.26 Å². The number of nitrogens with zero attached hydrogens (tertiary/aromatic N) is 1. The lowest BCUT2D eigenvalue weighted by molar-refractivity contribution is 0.406. The lowest BCUT2D eigenvalue weighted by atomic mass is 9.97. The van der Waals surface area contributed by atoms with E-state index >= 15 is 0 Å². The number of hydrogen-bond donors (Lipinski definition) is 1. The molecule has 0 spiro atoms. The van der Waals surface area contributed by atoms with Gasteiger partial charge in [0.2, 0.25) is 0 Å². The molecule has 1 saturated carbocycles. The summed E-state index contributed by atoms with van der Waals surface area (Å²) in [6, 6.07) is 11.4. The van der Waals surface area contributed by atoms with Gasteiger partial charge in [-0.3, -0.25) is 5.32 Å². The normalized spacial score (nSPS) is 17.5. The standard InChI is InChI=1S/C18H26N2S/c1-4-11-20-18(12-19,16-7-8-16)13-21-17-9-5-15(6-10-17)14(2)3/h5-6,9-10,14,16,20H,4,7-8,11,13H2,1-3H3. The summed E-state index contributed by atoms with van der Waals surface area (Å²) in [6.45, 7) is 7.51. The van der Waals surface area contributed by atoms with Crippen molar-refractivity contribution in [1.29, 1.82) is 5.26 Å². The van der Waals surface area contributed by atoms with Crippen molar-refractivity contribution < 1.29 is 0 Å². The molecule has 0 bridgehead atoms. The average molecular weight is 302 g/mol. The fraction of sp³-hybridized carbons (Fsp3) is 0.611. The van der Waals surface area contributed by atoms with Crippen molar-refractivity contribution >= 4 is 11.8 Å². The van der Waals surface area contributed by atoms with Crippen LogP contribution in [0.2, 0.25) is 0 Å². The first-order chi connectivity index (χ1) is 10.1. The third-order valence-electron chi connectivity index (χ3n) is 4.18. The van der Waals surface area contributed by atoms with E-state index in [1.165, 1.54) is 23.3 Å². The van der Waals surface area contributed by atoms with Gasteiger partial charge in [-0.1, -0.05) is 32.9 Å². The van der Waals surface area contributed by atoms with E-state index in [9.17, 15) is 5.26 Å². The summed E-state index contributed by atoms with van der Waals surface area (Å²) in [5.74, 6) is 1.95. The van der Waals surface area contributed by atoms with Gasteiger partial charge in [-0.15, -0.1) is 11.8 Å². The summed E-state index contributed by atoms with van der Waals surface area (Å²) >= 11 is 1.81. The van der Waals surface area contributed by atoms with Crippen molar-refractivity contribution in [3.05, 3.63) is 29.8 Å². The largest absolute Gasteiger partial charge is 0.298 e. The van der Waals surface area contributed by atoms with E-state index < -0.39 is 0 Å². The molecule has 1 aliphatic rings. The Labute approximate surface area is 133 Å². The number of hydrogen-bond acceptors (Lipinski definition) is 3. The molecule has 114 valence electrons. The van der Waals surface area contributed by atoms with Crippen LogP contribution in [-0.4, -0.2) is 17.8 Å². The molecule has 1 atom stereocenters. The third-order valence-corrected chi connectivity index (χ3v) is 5.38. The first-order valence-corrected chi connectivity index (χ1v) is 8.99. The molecule has 1 aliphatic carbocycles. The minimum atomic E-state index is -0.336. The maximum atomic E-state index is 9.68. The second kappa shape index (κ2) is 7.33. The van der Waals surface area contributed by atoms with Gasteiger partial charge in [-0.05, 0) is 55.3 Å². The molecular formula is C18H26N2S. The van der Waals surface area contributed by atoms with Crippen LogP contribution < -0.4 is 5.32 Å². The predicted octanol–water partition coefficient (Wildman–Crippen LogP) is 4.57. The average Bonchev–Trinajstić information content (AvgIpc) is 3.33. The second-order valence-corrected chi connectivity index (χ2v) is 7.35. The van der Waals surface area contributed by atoms with Crippen LogP contribution in [0.5, 0.6) is 0 Å². The van der Waals surface area contributed by atoms with Crippen molar-refractivity contribution in [3.8, 4) is 6.07 Å². The highest BCUT2D eigenvalue weighted by Gasteiger charge is 2.45. The van der Waals surface area contributed by atoms with Gasteiger partial charge in [0, 0.05) is 10.6 Å². The van der Waals surface area contributed by atoms with E-state index in [1.54, 1.807) is 11.8 Å². The van der Waals surface area contributed by atoms with E-state index in [0.717, 1.165) is 18.7 Å². The maximum absolute atomic E-state index is 9.68. The summed E-state index contributed by atoms with van der Waals surface area (Å²) in [7, 11) is 0. The van der Waals surface area contributed by atoms with E-state index in [0.29, 0.717) is 11.8 Å². The first-order valence-electron chi connectivity index (χ1n) is 8.00. The van der Waals surface area contributed by atoms with Gasteiger partial charge in [-0.25, -0.2) is 0 Å². The van der Waals surface area contributed by atoms with Crippen molar-refractivity contribution in [2.24, 2.45) is 5.92 Å². The van der Waals surface area contributed by atoms with E-state index in [2.05, 4.69) is 56.4 Å². The summed E-state index contributed by atoms with van der Waals surface area (Å²) in [4.78, 5) is 1.26. The van der Waals surface area contributed by atoms with Crippen LogP contribution in [-0.2, 0) is 0 Å². The Hall–Kier alpha value is -0.980. The quantitative estimate of drug-likeness (QED) is 0.714. The van der Waals surface area contributed by atoms with Crippen LogP contribution >= 0.6 is 11.8 Å². The van der Waals surface area contributed by atoms with E-state index in [4.69, 9.17) is 0 Å². The van der Waals surface area contributed by atoms with Gasteiger partial charge in [0.1, 0.15) is 5.54 Å². The zero-order valence-corrected chi connectivity index (χ0v) is 14.2. The molecule has 0 aromatic heterocycles. The summed E-state index contributed by atoms with van der Waals surface area (Å²) in [5, 5.41) is 13.2. The van der Waals surface area contributed by atoms with Crippen LogP contribution in [0, 0.1) is 17.2 Å². The molecule has 0 radical (unpaired) electrons. The number of nitriles is 1. The number of rotatable bonds is 8. The lowest BCUT2D eigenvalue weighted by Gasteiger charge is -2.27. The smallest absolute Gasteiger partial charge is 0.119 e. The first kappa shape index (κ1) is 16.4. The van der Waals surface area contributed by atoms with Crippen molar-refractivity contribution in [3.63, 3.8) is 0 Å². The SMILES string of the molecule is CCCNC(C#N)(CSc1ccc(C(C)C)cc1)C1CC1. The summed E-state index contributed by atoms with van der Waals surface area (Å²) in [6.07, 6.45) is 3.46. The Bertz CT molecular complexity index is 485.